The second-order valence-electron chi connectivity index (χ2n) is 20.1. The number of alkyl halides is 3. The van der Waals surface area contributed by atoms with Gasteiger partial charge in [-0.15, -0.1) is 0 Å². The second-order valence-corrected chi connectivity index (χ2v) is 20.1. The molecule has 0 unspecified atom stereocenters. The van der Waals surface area contributed by atoms with Crippen molar-refractivity contribution in [2.24, 2.45) is 0 Å². The molecule has 0 saturated carbocycles. The molecule has 0 atom stereocenters. The van der Waals surface area contributed by atoms with E-state index in [0.717, 1.165) is 100 Å². The van der Waals surface area contributed by atoms with Crippen molar-refractivity contribution in [2.75, 3.05) is 0 Å². The quantitative estimate of drug-likeness (QED) is 0.148. The number of benzene rings is 11. The zero-order valence-electron chi connectivity index (χ0n) is 44.1. The fourth-order valence-corrected chi connectivity index (χ4v) is 11.8. The first-order chi connectivity index (χ1) is 41.0. The SMILES string of the molecule is N#Cc1ccccc1-c1ccc2c(c1)c1cc(-c3ccccc3C#N)ccc1n2-c1ccc(-c2ccc(C(F)(F)F)cc2C#N)cc1-c1c(C#N)cccc1-n1c2ccc(-c3ccccc3C#N)cc2c2cc(-c3ccccc3C#N)ccc21. The largest absolute Gasteiger partial charge is 0.416 e. The Morgan fingerprint density at radius 1 is 0.274 bits per heavy atom. The molecule has 2 heterocycles. The lowest BCUT2D eigenvalue weighted by Gasteiger charge is -2.21. The summed E-state index contributed by atoms with van der Waals surface area (Å²) in [5.41, 5.74) is 12.8. The smallest absolute Gasteiger partial charge is 0.309 e. The molecule has 2 aromatic heterocycles. The molecule has 0 spiro atoms. The van der Waals surface area contributed by atoms with Crippen LogP contribution in [0.5, 0.6) is 0 Å². The lowest BCUT2D eigenvalue weighted by Crippen LogP contribution is -2.06. The third kappa shape index (κ3) is 8.43. The van der Waals surface area contributed by atoms with Gasteiger partial charge in [-0.2, -0.15) is 44.7 Å². The minimum atomic E-state index is -4.72. The fraction of sp³-hybridized carbons (Fsp3) is 0.0137. The van der Waals surface area contributed by atoms with Crippen LogP contribution in [-0.2, 0) is 6.18 Å². The number of nitriles is 6. The van der Waals surface area contributed by atoms with Gasteiger partial charge in [0.25, 0.3) is 0 Å². The summed E-state index contributed by atoms with van der Waals surface area (Å²) < 4.78 is 47.0. The highest BCUT2D eigenvalue weighted by molar-refractivity contribution is 6.14. The number of halogens is 3. The Bertz CT molecular complexity index is 5000. The summed E-state index contributed by atoms with van der Waals surface area (Å²) in [5, 5.41) is 66.2. The molecule has 0 aliphatic heterocycles. The van der Waals surface area contributed by atoms with Gasteiger partial charge in [0.2, 0.25) is 0 Å². The van der Waals surface area contributed by atoms with Crippen LogP contribution in [0.2, 0.25) is 0 Å². The minimum Gasteiger partial charge on any atom is -0.309 e. The highest BCUT2D eigenvalue weighted by atomic mass is 19.4. The standard InChI is InChI=1S/C73H37F3N8/c74-73(75,76)55-25-26-60(54(32-55)43-82)48-24-31-70(83-66-27-20-44(56-15-5-1-10-49(56)38-77)33-61(66)62-34-45(21-28-67(62)83)57-16-6-2-11-50(57)39-78)65(37-48)72-53(42-81)14-9-19-71(72)84-68-29-22-46(58-17-7-3-12-51(58)40-79)35-63(68)64-36-47(23-30-69(64)84)59-18-8-4-13-52(59)41-80/h1-37H. The van der Waals surface area contributed by atoms with Crippen molar-refractivity contribution >= 4 is 43.6 Å². The van der Waals surface area contributed by atoms with Crippen molar-refractivity contribution in [2.45, 2.75) is 6.18 Å². The van der Waals surface area contributed by atoms with Gasteiger partial charge in [0.1, 0.15) is 0 Å². The maximum Gasteiger partial charge on any atom is 0.416 e. The molecular formula is C73H37F3N8. The van der Waals surface area contributed by atoms with E-state index in [1.165, 1.54) is 6.07 Å². The normalized spacial score (nSPS) is 11.2. The molecule has 13 rings (SSSR count). The molecule has 0 saturated heterocycles. The number of aromatic nitrogens is 2. The summed E-state index contributed by atoms with van der Waals surface area (Å²) in [6.07, 6.45) is -4.72. The van der Waals surface area contributed by atoms with Crippen LogP contribution in [-0.4, -0.2) is 9.13 Å². The summed E-state index contributed by atoms with van der Waals surface area (Å²) >= 11 is 0. The summed E-state index contributed by atoms with van der Waals surface area (Å²) in [6, 6.07) is 81.2. The topological polar surface area (TPSA) is 153 Å². The maximum absolute atomic E-state index is 14.3. The molecule has 0 amide bonds. The van der Waals surface area contributed by atoms with Crippen molar-refractivity contribution in [1.82, 2.24) is 9.13 Å². The molecule has 0 fully saturated rings. The first-order valence-electron chi connectivity index (χ1n) is 26.5. The highest BCUT2D eigenvalue weighted by Crippen LogP contribution is 2.47. The fourth-order valence-electron chi connectivity index (χ4n) is 11.8. The van der Waals surface area contributed by atoms with Gasteiger partial charge in [0, 0.05) is 32.7 Å². The van der Waals surface area contributed by atoms with Gasteiger partial charge in [-0.1, -0.05) is 115 Å². The molecule has 8 nitrogen and oxygen atoms in total. The van der Waals surface area contributed by atoms with E-state index in [1.807, 2.05) is 170 Å². The predicted molar refractivity (Wildman–Crippen MR) is 321 cm³/mol. The van der Waals surface area contributed by atoms with E-state index in [4.69, 9.17) is 0 Å². The van der Waals surface area contributed by atoms with Gasteiger partial charge < -0.3 is 9.13 Å². The van der Waals surface area contributed by atoms with Crippen LogP contribution in [0.4, 0.5) is 13.2 Å². The Balaban J connectivity index is 1.14. The van der Waals surface area contributed by atoms with Gasteiger partial charge in [-0.25, -0.2) is 0 Å². The number of nitrogens with zero attached hydrogens (tertiary/aromatic N) is 8. The van der Waals surface area contributed by atoms with E-state index in [1.54, 1.807) is 42.5 Å². The van der Waals surface area contributed by atoms with Crippen molar-refractivity contribution in [3.8, 4) is 115 Å². The van der Waals surface area contributed by atoms with E-state index in [-0.39, 0.29) is 16.7 Å². The first-order valence-corrected chi connectivity index (χ1v) is 26.5. The number of hydrogen-bond acceptors (Lipinski definition) is 6. The second kappa shape index (κ2) is 20.4. The summed E-state index contributed by atoms with van der Waals surface area (Å²) in [6.45, 7) is 0. The van der Waals surface area contributed by atoms with Crippen LogP contribution in [0.25, 0.3) is 122 Å². The third-order valence-corrected chi connectivity index (χ3v) is 15.7. The number of hydrogen-bond donors (Lipinski definition) is 0. The van der Waals surface area contributed by atoms with Gasteiger partial charge in [-0.3, -0.25) is 0 Å². The molecule has 84 heavy (non-hydrogen) atoms. The summed E-state index contributed by atoms with van der Waals surface area (Å²) in [5.74, 6) is 0. The predicted octanol–water partition coefficient (Wildman–Crippen LogP) is 18.1. The first kappa shape index (κ1) is 51.2. The van der Waals surface area contributed by atoms with Crippen LogP contribution in [0, 0.1) is 68.0 Å². The van der Waals surface area contributed by atoms with Crippen LogP contribution < -0.4 is 0 Å². The van der Waals surface area contributed by atoms with E-state index in [0.29, 0.717) is 50.3 Å². The van der Waals surface area contributed by atoms with Crippen LogP contribution in [0.1, 0.15) is 38.9 Å². The average molecular weight is 1080 g/mol. The molecule has 11 aromatic carbocycles. The zero-order valence-corrected chi connectivity index (χ0v) is 44.1. The Kier molecular flexibility index (Phi) is 12.5. The van der Waals surface area contributed by atoms with Crippen LogP contribution >= 0.6 is 0 Å². The molecule has 0 radical (unpaired) electrons. The van der Waals surface area contributed by atoms with Crippen molar-refractivity contribution in [3.05, 3.63) is 263 Å². The van der Waals surface area contributed by atoms with Crippen molar-refractivity contribution < 1.29 is 13.2 Å². The molecule has 13 aromatic rings. The Hall–Kier alpha value is -12.3. The molecule has 0 aliphatic carbocycles. The minimum absolute atomic E-state index is 0.200. The van der Waals surface area contributed by atoms with Crippen molar-refractivity contribution in [3.63, 3.8) is 0 Å². The Morgan fingerprint density at radius 3 is 0.988 bits per heavy atom. The molecule has 0 N–H and O–H groups in total. The van der Waals surface area contributed by atoms with E-state index < -0.39 is 11.7 Å². The van der Waals surface area contributed by atoms with Gasteiger partial charge >= 0.3 is 6.18 Å². The molecule has 0 bridgehead atoms. The number of rotatable bonds is 8. The molecular weight excluding hydrogens is 1050 g/mol. The molecule has 11 heteroatoms. The third-order valence-electron chi connectivity index (χ3n) is 15.7. The molecule has 0 aliphatic rings. The highest BCUT2D eigenvalue weighted by Gasteiger charge is 2.32. The maximum atomic E-state index is 14.3. The number of fused-ring (bicyclic) bond motifs is 6. The van der Waals surface area contributed by atoms with E-state index in [9.17, 15) is 44.7 Å². The Labute approximate surface area is 479 Å². The van der Waals surface area contributed by atoms with E-state index >= 15 is 0 Å². The van der Waals surface area contributed by atoms with Crippen LogP contribution in [0.15, 0.2) is 224 Å². The lowest BCUT2D eigenvalue weighted by molar-refractivity contribution is -0.137. The van der Waals surface area contributed by atoms with Gasteiger partial charge in [0.15, 0.2) is 0 Å². The zero-order chi connectivity index (χ0) is 57.8. The lowest BCUT2D eigenvalue weighted by atomic mass is 9.91. The summed E-state index contributed by atoms with van der Waals surface area (Å²) in [7, 11) is 0. The van der Waals surface area contributed by atoms with Crippen LogP contribution in [0.3, 0.4) is 0 Å². The molecule has 390 valence electrons. The monoisotopic (exact) mass is 1080 g/mol. The van der Waals surface area contributed by atoms with Gasteiger partial charge in [-0.05, 0) is 165 Å². The Morgan fingerprint density at radius 2 is 0.607 bits per heavy atom. The van der Waals surface area contributed by atoms with E-state index in [2.05, 4.69) is 39.5 Å². The van der Waals surface area contributed by atoms with Gasteiger partial charge in [0.05, 0.1) is 109 Å². The van der Waals surface area contributed by atoms with Crippen molar-refractivity contribution in [1.29, 1.82) is 31.6 Å². The summed E-state index contributed by atoms with van der Waals surface area (Å²) in [4.78, 5) is 0. The average Bonchev–Trinajstić information content (AvgIpc) is 2.31.